The zero-order chi connectivity index (χ0) is 23.6. The first kappa shape index (κ1) is 23.5. The smallest absolute Gasteiger partial charge is 0.342 e. The fraction of sp³-hybridized carbons (Fsp3) is 0.217. The Labute approximate surface area is 190 Å². The molecule has 0 unspecified atom stereocenters. The number of nitrogens with one attached hydrogen (secondary N) is 2. The molecule has 3 amide bonds. The summed E-state index contributed by atoms with van der Waals surface area (Å²) >= 11 is 0. The first-order valence-electron chi connectivity index (χ1n) is 10.1. The summed E-state index contributed by atoms with van der Waals surface area (Å²) in [5.74, 6) is -1.02. The summed E-state index contributed by atoms with van der Waals surface area (Å²) in [4.78, 5) is 36.5. The lowest BCUT2D eigenvalue weighted by Crippen LogP contribution is -2.42. The van der Waals surface area contributed by atoms with E-state index in [4.69, 9.17) is 14.2 Å². The van der Waals surface area contributed by atoms with Crippen LogP contribution in [0, 0.1) is 0 Å². The summed E-state index contributed by atoms with van der Waals surface area (Å²) in [7, 11) is 3.01. The first-order chi connectivity index (χ1) is 16.0. The number of aromatic nitrogens is 2. The summed E-state index contributed by atoms with van der Waals surface area (Å²) in [5, 5.41) is 9.07. The zero-order valence-corrected chi connectivity index (χ0v) is 18.2. The van der Waals surface area contributed by atoms with Crippen LogP contribution in [0.1, 0.15) is 10.4 Å². The summed E-state index contributed by atoms with van der Waals surface area (Å²) in [6.07, 6.45) is 1.52. The molecule has 33 heavy (non-hydrogen) atoms. The van der Waals surface area contributed by atoms with Crippen LogP contribution >= 0.6 is 0 Å². The Kier molecular flexibility index (Phi) is 8.14. The van der Waals surface area contributed by atoms with E-state index < -0.39 is 24.5 Å². The average molecular weight is 452 g/mol. The van der Waals surface area contributed by atoms with Crippen molar-refractivity contribution in [3.63, 3.8) is 0 Å². The average Bonchev–Trinajstić information content (AvgIpc) is 3.28. The Hall–Kier alpha value is -4.18. The number of carbonyl (C=O) groups is 3. The Balaban J connectivity index is 1.79. The monoisotopic (exact) mass is 452 g/mol. The quantitative estimate of drug-likeness (QED) is 0.377. The molecule has 0 spiro atoms. The van der Waals surface area contributed by atoms with Crippen LogP contribution in [-0.4, -0.2) is 61.7 Å². The number of esters is 1. The minimum absolute atomic E-state index is 0.140. The number of imide groups is 1. The molecule has 172 valence electrons. The number of carbonyl (C=O) groups excluding carboxylic acids is 3. The lowest BCUT2D eigenvalue weighted by Gasteiger charge is -2.09. The molecule has 3 rings (SSSR count). The maximum absolute atomic E-state index is 12.9. The second-order valence-corrected chi connectivity index (χ2v) is 6.74. The minimum atomic E-state index is -0.771. The van der Waals surface area contributed by atoms with Crippen molar-refractivity contribution in [3.05, 3.63) is 66.4 Å². The normalized spacial score (nSPS) is 10.4. The minimum Gasteiger partial charge on any atom is -0.496 e. The van der Waals surface area contributed by atoms with Crippen molar-refractivity contribution < 1.29 is 28.6 Å². The van der Waals surface area contributed by atoms with Gasteiger partial charge >= 0.3 is 12.0 Å². The molecule has 2 N–H and O–H groups in total. The van der Waals surface area contributed by atoms with Crippen molar-refractivity contribution in [2.45, 2.75) is 0 Å². The molecule has 0 saturated heterocycles. The highest BCUT2D eigenvalue weighted by molar-refractivity contribution is 5.99. The van der Waals surface area contributed by atoms with Crippen LogP contribution < -0.4 is 15.4 Å². The second-order valence-electron chi connectivity index (χ2n) is 6.74. The van der Waals surface area contributed by atoms with Gasteiger partial charge in [0.15, 0.2) is 6.61 Å². The molecular formula is C23H24N4O6. The molecular weight excluding hydrogens is 428 g/mol. The highest BCUT2D eigenvalue weighted by Crippen LogP contribution is 2.32. The van der Waals surface area contributed by atoms with Gasteiger partial charge in [0.1, 0.15) is 17.0 Å². The number of ether oxygens (including phenoxy) is 3. The van der Waals surface area contributed by atoms with Crippen LogP contribution in [0.4, 0.5) is 4.79 Å². The van der Waals surface area contributed by atoms with Gasteiger partial charge in [-0.25, -0.2) is 14.3 Å². The van der Waals surface area contributed by atoms with Crippen LogP contribution in [0.25, 0.3) is 16.9 Å². The standard InChI is InChI=1S/C23H24N4O6/c1-31-13-12-24-23(30)25-20(28)15-33-22(29)18-14-27(16-8-4-3-5-9-16)26-21(18)17-10-6-7-11-19(17)32-2/h3-11,14H,12-13,15H2,1-2H3,(H2,24,25,28,30). The fourth-order valence-electron chi connectivity index (χ4n) is 2.96. The highest BCUT2D eigenvalue weighted by Gasteiger charge is 2.23. The lowest BCUT2D eigenvalue weighted by atomic mass is 10.1. The number of para-hydroxylation sites is 2. The molecule has 0 bridgehead atoms. The maximum atomic E-state index is 12.9. The predicted octanol–water partition coefficient (Wildman–Crippen LogP) is 2.18. The molecule has 2 aromatic carbocycles. The molecule has 10 nitrogen and oxygen atoms in total. The molecule has 0 fully saturated rings. The molecule has 0 aliphatic carbocycles. The Bertz CT molecular complexity index is 1110. The van der Waals surface area contributed by atoms with Crippen LogP contribution in [0.15, 0.2) is 60.8 Å². The number of rotatable bonds is 9. The van der Waals surface area contributed by atoms with Crippen molar-refractivity contribution in [1.82, 2.24) is 20.4 Å². The number of benzene rings is 2. The number of hydrogen-bond donors (Lipinski definition) is 2. The summed E-state index contributed by atoms with van der Waals surface area (Å²) in [5.41, 5.74) is 1.79. The van der Waals surface area contributed by atoms with Gasteiger partial charge < -0.3 is 19.5 Å². The Morgan fingerprint density at radius 3 is 2.45 bits per heavy atom. The molecule has 0 radical (unpaired) electrons. The van der Waals surface area contributed by atoms with Crippen LogP contribution in [0.3, 0.4) is 0 Å². The highest BCUT2D eigenvalue weighted by atomic mass is 16.5. The van der Waals surface area contributed by atoms with E-state index in [2.05, 4.69) is 15.7 Å². The van der Waals surface area contributed by atoms with Gasteiger partial charge in [-0.1, -0.05) is 30.3 Å². The van der Waals surface area contributed by atoms with E-state index in [1.807, 2.05) is 30.3 Å². The third-order valence-corrected chi connectivity index (χ3v) is 4.50. The van der Waals surface area contributed by atoms with E-state index >= 15 is 0 Å². The van der Waals surface area contributed by atoms with Crippen molar-refractivity contribution >= 4 is 17.9 Å². The topological polar surface area (TPSA) is 121 Å². The molecule has 1 heterocycles. The molecule has 0 aliphatic heterocycles. The molecule has 10 heteroatoms. The van der Waals surface area contributed by atoms with Gasteiger partial charge in [-0.15, -0.1) is 0 Å². The van der Waals surface area contributed by atoms with Gasteiger partial charge in [-0.05, 0) is 24.3 Å². The molecule has 0 aliphatic rings. The number of nitrogens with zero attached hydrogens (tertiary/aromatic N) is 2. The van der Waals surface area contributed by atoms with Gasteiger partial charge in [0.2, 0.25) is 0 Å². The largest absolute Gasteiger partial charge is 0.496 e. The molecule has 1 aromatic heterocycles. The van der Waals surface area contributed by atoms with Crippen molar-refractivity contribution in [1.29, 1.82) is 0 Å². The molecule has 0 saturated carbocycles. The first-order valence-corrected chi connectivity index (χ1v) is 10.1. The van der Waals surface area contributed by atoms with E-state index in [1.54, 1.807) is 28.9 Å². The van der Waals surface area contributed by atoms with Gasteiger partial charge in [-0.3, -0.25) is 10.1 Å². The summed E-state index contributed by atoms with van der Waals surface area (Å²) in [6.45, 7) is -0.109. The van der Waals surface area contributed by atoms with E-state index in [-0.39, 0.29) is 12.1 Å². The van der Waals surface area contributed by atoms with Crippen molar-refractivity contribution in [2.24, 2.45) is 0 Å². The second kappa shape index (κ2) is 11.4. The van der Waals surface area contributed by atoms with E-state index in [9.17, 15) is 14.4 Å². The van der Waals surface area contributed by atoms with Gasteiger partial charge in [0.25, 0.3) is 5.91 Å². The molecule has 3 aromatic rings. The van der Waals surface area contributed by atoms with E-state index in [1.165, 1.54) is 20.4 Å². The molecule has 0 atom stereocenters. The SMILES string of the molecule is COCCNC(=O)NC(=O)COC(=O)c1cn(-c2ccccc2)nc1-c1ccccc1OC. The van der Waals surface area contributed by atoms with Gasteiger partial charge in [0, 0.05) is 25.4 Å². The summed E-state index contributed by atoms with van der Waals surface area (Å²) in [6, 6.07) is 15.6. The lowest BCUT2D eigenvalue weighted by molar-refractivity contribution is -0.123. The predicted molar refractivity (Wildman–Crippen MR) is 119 cm³/mol. The van der Waals surface area contributed by atoms with Crippen LogP contribution in [-0.2, 0) is 14.3 Å². The third-order valence-electron chi connectivity index (χ3n) is 4.50. The van der Waals surface area contributed by atoms with E-state index in [0.717, 1.165) is 5.69 Å². The van der Waals surface area contributed by atoms with Crippen LogP contribution in [0.2, 0.25) is 0 Å². The third kappa shape index (κ3) is 6.17. The zero-order valence-electron chi connectivity index (χ0n) is 18.2. The Morgan fingerprint density at radius 2 is 1.73 bits per heavy atom. The van der Waals surface area contributed by atoms with E-state index in [0.29, 0.717) is 23.6 Å². The fourth-order valence-corrected chi connectivity index (χ4v) is 2.96. The van der Waals surface area contributed by atoms with Crippen molar-refractivity contribution in [2.75, 3.05) is 34.0 Å². The van der Waals surface area contributed by atoms with Gasteiger partial charge in [0.05, 0.1) is 19.4 Å². The summed E-state index contributed by atoms with van der Waals surface area (Å²) < 4.78 is 16.9. The number of amides is 3. The maximum Gasteiger partial charge on any atom is 0.342 e. The van der Waals surface area contributed by atoms with Crippen molar-refractivity contribution in [3.8, 4) is 22.7 Å². The number of hydrogen-bond acceptors (Lipinski definition) is 7. The Morgan fingerprint density at radius 1 is 1.00 bits per heavy atom. The van der Waals surface area contributed by atoms with Gasteiger partial charge in [-0.2, -0.15) is 5.10 Å². The van der Waals surface area contributed by atoms with Crippen LogP contribution in [0.5, 0.6) is 5.75 Å². The number of urea groups is 1. The number of methoxy groups -OCH3 is 2.